The van der Waals surface area contributed by atoms with Crippen LogP contribution in [0.4, 0.5) is 5.69 Å². The highest BCUT2D eigenvalue weighted by atomic mass is 35.5. The number of benzene rings is 1. The second-order valence-corrected chi connectivity index (χ2v) is 7.64. The molecule has 1 unspecified atom stereocenters. The molecule has 1 aromatic carbocycles. The third kappa shape index (κ3) is 3.60. The van der Waals surface area contributed by atoms with Crippen molar-refractivity contribution in [3.05, 3.63) is 65.2 Å². The first-order valence-corrected chi connectivity index (χ1v) is 9.74. The van der Waals surface area contributed by atoms with E-state index in [0.29, 0.717) is 28.7 Å². The number of halogens is 1. The summed E-state index contributed by atoms with van der Waals surface area (Å²) in [5.74, 6) is 0.210. The van der Waals surface area contributed by atoms with Crippen LogP contribution < -0.4 is 5.32 Å². The van der Waals surface area contributed by atoms with Gasteiger partial charge in [0.15, 0.2) is 5.69 Å². The molecule has 0 aliphatic carbocycles. The number of piperidine rings is 1. The highest BCUT2D eigenvalue weighted by Gasteiger charge is 2.27. The van der Waals surface area contributed by atoms with Gasteiger partial charge in [-0.3, -0.25) is 14.0 Å². The second-order valence-electron chi connectivity index (χ2n) is 7.20. The first-order valence-electron chi connectivity index (χ1n) is 9.36. The summed E-state index contributed by atoms with van der Waals surface area (Å²) in [5.41, 5.74) is 1.39. The van der Waals surface area contributed by atoms with Crippen LogP contribution in [0.15, 0.2) is 48.7 Å². The largest absolute Gasteiger partial charge is 0.336 e. The lowest BCUT2D eigenvalue weighted by molar-refractivity contribution is 0.0670. The van der Waals surface area contributed by atoms with Crippen LogP contribution in [0.3, 0.4) is 0 Å². The summed E-state index contributed by atoms with van der Waals surface area (Å²) in [5, 5.41) is 3.34. The maximum Gasteiger partial charge on any atom is 0.290 e. The van der Waals surface area contributed by atoms with Crippen LogP contribution in [0.2, 0.25) is 5.02 Å². The highest BCUT2D eigenvalue weighted by Crippen LogP contribution is 2.21. The maximum atomic E-state index is 13.1. The predicted octanol–water partition coefficient (Wildman–Crippen LogP) is 4.11. The first-order chi connectivity index (χ1) is 13.5. The number of nitrogens with one attached hydrogen (secondary N) is 1. The van der Waals surface area contributed by atoms with E-state index in [-0.39, 0.29) is 23.3 Å². The molecule has 0 spiro atoms. The van der Waals surface area contributed by atoms with Crippen LogP contribution in [0.1, 0.15) is 40.9 Å². The van der Waals surface area contributed by atoms with Crippen molar-refractivity contribution in [1.29, 1.82) is 0 Å². The fourth-order valence-electron chi connectivity index (χ4n) is 3.63. The predicted molar refractivity (Wildman–Crippen MR) is 109 cm³/mol. The number of amides is 2. The third-order valence-corrected chi connectivity index (χ3v) is 5.22. The lowest BCUT2D eigenvalue weighted by Crippen LogP contribution is -2.39. The minimum Gasteiger partial charge on any atom is -0.336 e. The number of likely N-dealkylation sites (tertiary alicyclic amines) is 1. The number of nitrogens with zero attached hydrogens (tertiary/aromatic N) is 3. The van der Waals surface area contributed by atoms with Crippen LogP contribution >= 0.6 is 11.6 Å². The van der Waals surface area contributed by atoms with Crippen LogP contribution in [-0.2, 0) is 0 Å². The third-order valence-electron chi connectivity index (χ3n) is 4.98. The van der Waals surface area contributed by atoms with Crippen molar-refractivity contribution in [3.63, 3.8) is 0 Å². The fourth-order valence-corrected chi connectivity index (χ4v) is 3.82. The van der Waals surface area contributed by atoms with Crippen LogP contribution in [0.25, 0.3) is 5.52 Å². The van der Waals surface area contributed by atoms with Crippen molar-refractivity contribution < 1.29 is 9.59 Å². The first kappa shape index (κ1) is 18.5. The standard InChI is InChI=1S/C21H21ClN4O2/c1-14-6-5-10-25(13-14)21(28)19-24-18(17-9-2-3-11-26(17)19)20(27)23-16-8-4-7-15(22)12-16/h2-4,7-9,11-12,14H,5-6,10,13H2,1H3,(H,23,27). The second kappa shape index (κ2) is 7.64. The van der Waals surface area contributed by atoms with Crippen LogP contribution in [0, 0.1) is 5.92 Å². The number of carbonyl (C=O) groups is 2. The monoisotopic (exact) mass is 396 g/mol. The summed E-state index contributed by atoms with van der Waals surface area (Å²) in [6.45, 7) is 3.58. The van der Waals surface area contributed by atoms with Gasteiger partial charge in [0.25, 0.3) is 11.8 Å². The normalized spacial score (nSPS) is 16.9. The molecule has 144 valence electrons. The molecule has 1 saturated heterocycles. The summed E-state index contributed by atoms with van der Waals surface area (Å²) in [4.78, 5) is 32.2. The van der Waals surface area contributed by atoms with E-state index < -0.39 is 0 Å². The van der Waals surface area contributed by atoms with Gasteiger partial charge < -0.3 is 10.2 Å². The summed E-state index contributed by atoms with van der Waals surface area (Å²) < 4.78 is 1.69. The zero-order valence-corrected chi connectivity index (χ0v) is 16.3. The minimum absolute atomic E-state index is 0.144. The molecule has 1 fully saturated rings. The Labute approximate surface area is 168 Å². The van der Waals surface area contributed by atoms with Crippen molar-refractivity contribution in [2.45, 2.75) is 19.8 Å². The molecule has 0 radical (unpaired) electrons. The van der Waals surface area contributed by atoms with Crippen molar-refractivity contribution in [1.82, 2.24) is 14.3 Å². The van der Waals surface area contributed by atoms with Crippen molar-refractivity contribution >= 4 is 34.6 Å². The Morgan fingerprint density at radius 2 is 2.07 bits per heavy atom. The lowest BCUT2D eigenvalue weighted by Gasteiger charge is -2.30. The van der Waals surface area contributed by atoms with Gasteiger partial charge in [0, 0.05) is 30.0 Å². The smallest absolute Gasteiger partial charge is 0.290 e. The number of fused-ring (bicyclic) bond motifs is 1. The average Bonchev–Trinajstić information content (AvgIpc) is 3.07. The Morgan fingerprint density at radius 3 is 2.86 bits per heavy atom. The molecule has 4 rings (SSSR count). The quantitative estimate of drug-likeness (QED) is 0.724. The Kier molecular flexibility index (Phi) is 5.05. The summed E-state index contributed by atoms with van der Waals surface area (Å²) in [7, 11) is 0. The van der Waals surface area contributed by atoms with E-state index in [2.05, 4.69) is 17.2 Å². The Balaban J connectivity index is 1.68. The molecular weight excluding hydrogens is 376 g/mol. The molecule has 7 heteroatoms. The number of carbonyl (C=O) groups excluding carboxylic acids is 2. The molecule has 0 bridgehead atoms. The molecule has 3 heterocycles. The summed E-state index contributed by atoms with van der Waals surface area (Å²) >= 11 is 5.99. The number of rotatable bonds is 3. The highest BCUT2D eigenvalue weighted by molar-refractivity contribution is 6.31. The molecule has 28 heavy (non-hydrogen) atoms. The molecule has 2 aromatic heterocycles. The van der Waals surface area contributed by atoms with Crippen LogP contribution in [-0.4, -0.2) is 39.2 Å². The fraction of sp³-hybridized carbons (Fsp3) is 0.286. The van der Waals surface area contributed by atoms with Gasteiger partial charge in [0.05, 0.1) is 5.52 Å². The number of imidazole rings is 1. The van der Waals surface area contributed by atoms with E-state index in [1.165, 1.54) is 0 Å². The average molecular weight is 397 g/mol. The van der Waals surface area contributed by atoms with Crippen LogP contribution in [0.5, 0.6) is 0 Å². The Morgan fingerprint density at radius 1 is 1.21 bits per heavy atom. The summed E-state index contributed by atoms with van der Waals surface area (Å²) in [6.07, 6.45) is 3.87. The van der Waals surface area contributed by atoms with E-state index in [1.54, 1.807) is 40.9 Å². The van der Waals surface area contributed by atoms with E-state index in [4.69, 9.17) is 11.6 Å². The molecule has 1 atom stereocenters. The van der Waals surface area contributed by atoms with E-state index in [9.17, 15) is 9.59 Å². The lowest BCUT2D eigenvalue weighted by atomic mass is 10.0. The van der Waals surface area contributed by atoms with E-state index in [0.717, 1.165) is 19.4 Å². The van der Waals surface area contributed by atoms with Gasteiger partial charge in [-0.1, -0.05) is 30.7 Å². The number of hydrogen-bond donors (Lipinski definition) is 1. The van der Waals surface area contributed by atoms with Gasteiger partial charge in [-0.2, -0.15) is 0 Å². The van der Waals surface area contributed by atoms with Crippen molar-refractivity contribution in [2.75, 3.05) is 18.4 Å². The van der Waals surface area contributed by atoms with E-state index in [1.807, 2.05) is 17.0 Å². The van der Waals surface area contributed by atoms with Gasteiger partial charge in [-0.25, -0.2) is 4.98 Å². The van der Waals surface area contributed by atoms with Gasteiger partial charge in [-0.15, -0.1) is 0 Å². The molecule has 1 N–H and O–H groups in total. The SMILES string of the molecule is CC1CCCN(C(=O)c2nc(C(=O)Nc3cccc(Cl)c3)c3ccccn23)C1. The summed E-state index contributed by atoms with van der Waals surface area (Å²) in [6, 6.07) is 12.3. The zero-order valence-electron chi connectivity index (χ0n) is 15.6. The number of aromatic nitrogens is 2. The molecule has 3 aromatic rings. The van der Waals surface area contributed by atoms with Crippen molar-refractivity contribution in [2.24, 2.45) is 5.92 Å². The van der Waals surface area contributed by atoms with Gasteiger partial charge in [0.1, 0.15) is 0 Å². The number of pyridine rings is 1. The van der Waals surface area contributed by atoms with Crippen molar-refractivity contribution in [3.8, 4) is 0 Å². The van der Waals surface area contributed by atoms with Gasteiger partial charge in [-0.05, 0) is 49.1 Å². The minimum atomic E-state index is -0.378. The molecule has 1 aliphatic rings. The molecule has 0 saturated carbocycles. The molecular formula is C21H21ClN4O2. The van der Waals surface area contributed by atoms with Gasteiger partial charge in [0.2, 0.25) is 5.82 Å². The molecule has 1 aliphatic heterocycles. The number of hydrogen-bond acceptors (Lipinski definition) is 3. The number of anilines is 1. The zero-order chi connectivity index (χ0) is 19.7. The Hall–Kier alpha value is -2.86. The Bertz CT molecular complexity index is 1050. The maximum absolute atomic E-state index is 13.1. The topological polar surface area (TPSA) is 66.7 Å². The van der Waals surface area contributed by atoms with Gasteiger partial charge >= 0.3 is 0 Å². The van der Waals surface area contributed by atoms with E-state index >= 15 is 0 Å². The molecule has 2 amide bonds. The molecule has 6 nitrogen and oxygen atoms in total.